The Hall–Kier alpha value is -3.22. The first kappa shape index (κ1) is 25.9. The van der Waals surface area contributed by atoms with Crippen molar-refractivity contribution in [2.24, 2.45) is 0 Å². The van der Waals surface area contributed by atoms with E-state index in [0.717, 1.165) is 32.9 Å². The van der Waals surface area contributed by atoms with Gasteiger partial charge in [0.25, 0.3) is 0 Å². The number of nitrogens with zero attached hydrogens (tertiary/aromatic N) is 1. The van der Waals surface area contributed by atoms with Gasteiger partial charge < -0.3 is 18.8 Å². The Morgan fingerprint density at radius 3 is 2.28 bits per heavy atom. The molecule has 3 aromatic carbocycles. The van der Waals surface area contributed by atoms with Crippen molar-refractivity contribution in [3.05, 3.63) is 102 Å². The van der Waals surface area contributed by atoms with Crippen molar-refractivity contribution in [2.45, 2.75) is 50.4 Å². The quantitative estimate of drug-likeness (QED) is 0.164. The lowest BCUT2D eigenvalue weighted by atomic mass is 10.1. The first-order valence-corrected chi connectivity index (χ1v) is 13.1. The fourth-order valence-electron chi connectivity index (χ4n) is 3.67. The number of hydrogen-bond donors (Lipinski definition) is 0. The number of rotatable bonds is 10. The zero-order valence-corrected chi connectivity index (χ0v) is 21.9. The van der Waals surface area contributed by atoms with Crippen molar-refractivity contribution in [3.8, 4) is 0 Å². The van der Waals surface area contributed by atoms with Crippen LogP contribution in [0.15, 0.2) is 94.4 Å². The van der Waals surface area contributed by atoms with Crippen molar-refractivity contribution in [1.82, 2.24) is 4.90 Å². The van der Waals surface area contributed by atoms with Gasteiger partial charge in [0.15, 0.2) is 5.09 Å². The number of ether oxygens (including phenoxy) is 2. The molecule has 188 valence electrons. The summed E-state index contributed by atoms with van der Waals surface area (Å²) in [5, 5.41) is 1.92. The number of benzene rings is 3. The summed E-state index contributed by atoms with van der Waals surface area (Å²) in [6.07, 6.45) is -0.357. The molecule has 0 saturated heterocycles. The van der Waals surface area contributed by atoms with Crippen LogP contribution in [0.5, 0.6) is 0 Å². The molecule has 0 aliphatic rings. The monoisotopic (exact) mass is 503 g/mol. The molecule has 0 aliphatic carbocycles. The van der Waals surface area contributed by atoms with Crippen LogP contribution in [0.4, 0.5) is 4.79 Å². The summed E-state index contributed by atoms with van der Waals surface area (Å²) in [4.78, 5) is 14.6. The van der Waals surface area contributed by atoms with Crippen LogP contribution >= 0.6 is 11.8 Å². The molecular weight excluding hydrogens is 470 g/mol. The van der Waals surface area contributed by atoms with E-state index in [0.29, 0.717) is 26.3 Å². The van der Waals surface area contributed by atoms with E-state index in [1.165, 1.54) is 5.56 Å². The van der Waals surface area contributed by atoms with Crippen LogP contribution in [0.1, 0.15) is 37.5 Å². The smallest absolute Gasteiger partial charge is 0.410 e. The van der Waals surface area contributed by atoms with Gasteiger partial charge in [-0.25, -0.2) is 4.79 Å². The van der Waals surface area contributed by atoms with Gasteiger partial charge in [0.1, 0.15) is 11.2 Å². The molecule has 0 fully saturated rings. The largest absolute Gasteiger partial charge is 0.450 e. The van der Waals surface area contributed by atoms with Crippen molar-refractivity contribution < 1.29 is 18.7 Å². The van der Waals surface area contributed by atoms with Crippen LogP contribution in [0, 0.1) is 0 Å². The summed E-state index contributed by atoms with van der Waals surface area (Å²) in [6, 6.07) is 28.5. The van der Waals surface area contributed by atoms with Crippen molar-refractivity contribution in [3.63, 3.8) is 0 Å². The molecule has 5 nitrogen and oxygen atoms in total. The molecule has 4 aromatic rings. The van der Waals surface area contributed by atoms with Crippen molar-refractivity contribution >= 4 is 28.8 Å². The lowest BCUT2D eigenvalue weighted by Gasteiger charge is -2.27. The molecule has 4 rings (SSSR count). The fraction of sp³-hybridized carbons (Fsp3) is 0.300. The minimum atomic E-state index is -0.573. The average molecular weight is 504 g/mol. The average Bonchev–Trinajstić information content (AvgIpc) is 3.27. The molecule has 1 heterocycles. The number of hydrogen-bond acceptors (Lipinski definition) is 5. The Morgan fingerprint density at radius 2 is 1.58 bits per heavy atom. The third-order valence-electron chi connectivity index (χ3n) is 5.43. The van der Waals surface area contributed by atoms with E-state index in [1.807, 2.05) is 87.5 Å². The van der Waals surface area contributed by atoms with Crippen molar-refractivity contribution in [1.29, 1.82) is 0 Å². The van der Waals surface area contributed by atoms with Gasteiger partial charge in [-0.05, 0) is 49.6 Å². The summed E-state index contributed by atoms with van der Waals surface area (Å²) in [5.41, 5.74) is 3.57. The summed E-state index contributed by atoms with van der Waals surface area (Å²) in [6.45, 7) is 7.38. The fourth-order valence-corrected chi connectivity index (χ4v) is 4.53. The Bertz CT molecular complexity index is 1250. The molecule has 1 aromatic heterocycles. The Labute approximate surface area is 217 Å². The van der Waals surface area contributed by atoms with Crippen LogP contribution < -0.4 is 0 Å². The van der Waals surface area contributed by atoms with E-state index < -0.39 is 5.60 Å². The number of thioether (sulfide) groups is 1. The number of amides is 1. The van der Waals surface area contributed by atoms with E-state index in [4.69, 9.17) is 13.9 Å². The molecule has 6 heteroatoms. The second-order valence-electron chi connectivity index (χ2n) is 9.65. The second-order valence-corrected chi connectivity index (χ2v) is 10.6. The molecule has 0 radical (unpaired) electrons. The molecule has 1 amide bonds. The highest BCUT2D eigenvalue weighted by Crippen LogP contribution is 2.30. The normalized spacial score (nSPS) is 11.5. The summed E-state index contributed by atoms with van der Waals surface area (Å²) >= 11 is 1.67. The molecule has 36 heavy (non-hydrogen) atoms. The maximum Gasteiger partial charge on any atom is 0.410 e. The number of fused-ring (bicyclic) bond motifs is 1. The van der Waals surface area contributed by atoms with Crippen LogP contribution in [0.3, 0.4) is 0 Å². The topological polar surface area (TPSA) is 51.9 Å². The zero-order valence-electron chi connectivity index (χ0n) is 21.1. The molecule has 0 saturated carbocycles. The summed E-state index contributed by atoms with van der Waals surface area (Å²) in [5.74, 6) is 0.850. The maximum absolute atomic E-state index is 12.9. The van der Waals surface area contributed by atoms with Gasteiger partial charge in [0.05, 0.1) is 13.2 Å². The van der Waals surface area contributed by atoms with Gasteiger partial charge in [0.2, 0.25) is 0 Å². The van der Waals surface area contributed by atoms with Gasteiger partial charge >= 0.3 is 6.09 Å². The minimum Gasteiger partial charge on any atom is -0.450 e. The van der Waals surface area contributed by atoms with Crippen LogP contribution in [-0.2, 0) is 28.4 Å². The van der Waals surface area contributed by atoms with Gasteiger partial charge in [-0.2, -0.15) is 0 Å². The predicted molar refractivity (Wildman–Crippen MR) is 145 cm³/mol. The van der Waals surface area contributed by atoms with E-state index in [9.17, 15) is 4.79 Å². The van der Waals surface area contributed by atoms with Crippen LogP contribution in [0.2, 0.25) is 0 Å². The molecular formula is C30H33NO4S. The van der Waals surface area contributed by atoms with Crippen LogP contribution in [-0.4, -0.2) is 29.7 Å². The number of furan rings is 1. The van der Waals surface area contributed by atoms with E-state index in [2.05, 4.69) is 18.2 Å². The third kappa shape index (κ3) is 7.90. The van der Waals surface area contributed by atoms with E-state index in [-0.39, 0.29) is 6.09 Å². The Balaban J connectivity index is 1.40. The molecule has 0 unspecified atom stereocenters. The first-order chi connectivity index (χ1) is 17.4. The first-order valence-electron chi connectivity index (χ1n) is 12.1. The van der Waals surface area contributed by atoms with Gasteiger partial charge in [0, 0.05) is 24.2 Å². The van der Waals surface area contributed by atoms with Gasteiger partial charge in [-0.1, -0.05) is 84.6 Å². The molecule has 0 bridgehead atoms. The zero-order chi connectivity index (χ0) is 25.4. The highest BCUT2D eigenvalue weighted by Gasteiger charge is 2.22. The second kappa shape index (κ2) is 12.2. The van der Waals surface area contributed by atoms with Crippen molar-refractivity contribution in [2.75, 3.05) is 13.2 Å². The molecule has 0 spiro atoms. The summed E-state index contributed by atoms with van der Waals surface area (Å²) < 4.78 is 17.6. The lowest BCUT2D eigenvalue weighted by molar-refractivity contribution is 0.0145. The standard InChI is InChI=1S/C30H33NO4S/c1-30(2,3)35-29(32)31(16-17-33-21-23-10-6-4-7-11-23)20-25-14-15-26-19-28(34-27(26)18-25)36-22-24-12-8-5-9-13-24/h4-15,18-19H,16-17,20-22H2,1-3H3. The molecule has 0 atom stereocenters. The van der Waals surface area contributed by atoms with E-state index in [1.54, 1.807) is 16.7 Å². The molecule has 0 N–H and O–H groups in total. The Morgan fingerprint density at radius 1 is 0.889 bits per heavy atom. The maximum atomic E-state index is 12.9. The van der Waals surface area contributed by atoms with Gasteiger partial charge in [-0.3, -0.25) is 0 Å². The van der Waals surface area contributed by atoms with E-state index >= 15 is 0 Å². The summed E-state index contributed by atoms with van der Waals surface area (Å²) in [7, 11) is 0. The molecule has 0 aliphatic heterocycles. The third-order valence-corrected chi connectivity index (χ3v) is 6.39. The number of carbonyl (C=O) groups excluding carboxylic acids is 1. The minimum absolute atomic E-state index is 0.357. The van der Waals surface area contributed by atoms with Crippen LogP contribution in [0.25, 0.3) is 11.0 Å². The highest BCUT2D eigenvalue weighted by molar-refractivity contribution is 7.98. The number of carbonyl (C=O) groups is 1. The Kier molecular flexibility index (Phi) is 8.73. The SMILES string of the molecule is CC(C)(C)OC(=O)N(CCOCc1ccccc1)Cc1ccc2cc(SCc3ccccc3)oc2c1. The van der Waals surface area contributed by atoms with Gasteiger partial charge in [-0.15, -0.1) is 0 Å². The lowest BCUT2D eigenvalue weighted by Crippen LogP contribution is -2.38. The predicted octanol–water partition coefficient (Wildman–Crippen LogP) is 7.68. The highest BCUT2D eigenvalue weighted by atomic mass is 32.2.